The summed E-state index contributed by atoms with van der Waals surface area (Å²) in [4.78, 5) is 41.1. The number of hydroxylamine groups is 2. The van der Waals surface area contributed by atoms with Gasteiger partial charge in [-0.2, -0.15) is 11.8 Å². The quantitative estimate of drug-likeness (QED) is 0.237. The Bertz CT molecular complexity index is 1660. The van der Waals surface area contributed by atoms with Crippen LogP contribution in [0.25, 0.3) is 0 Å². The lowest BCUT2D eigenvalue weighted by Crippen LogP contribution is -2.60. The molecule has 6 rings (SSSR count). The van der Waals surface area contributed by atoms with Crippen molar-refractivity contribution in [3.8, 4) is 28.7 Å². The van der Waals surface area contributed by atoms with Crippen molar-refractivity contribution in [2.45, 2.75) is 82.2 Å². The molecule has 3 aliphatic heterocycles. The van der Waals surface area contributed by atoms with Crippen LogP contribution in [0.5, 0.6) is 28.7 Å². The average Bonchev–Trinajstić information content (AvgIpc) is 3.73. The van der Waals surface area contributed by atoms with Gasteiger partial charge in [-0.1, -0.05) is 0 Å². The lowest BCUT2D eigenvalue weighted by atomic mass is 9.66. The van der Waals surface area contributed by atoms with Crippen LogP contribution in [0.15, 0.2) is 24.3 Å². The molecular weight excluding hydrogens is 696 g/mol. The first kappa shape index (κ1) is 37.7. The van der Waals surface area contributed by atoms with Gasteiger partial charge in [-0.3, -0.25) is 4.79 Å². The summed E-state index contributed by atoms with van der Waals surface area (Å²) < 4.78 is 46.1. The number of esters is 2. The zero-order valence-corrected chi connectivity index (χ0v) is 31.6. The Morgan fingerprint density at radius 2 is 1.54 bits per heavy atom. The van der Waals surface area contributed by atoms with Gasteiger partial charge in [-0.05, 0) is 81.5 Å². The summed E-state index contributed by atoms with van der Waals surface area (Å²) in [5.41, 5.74) is 0.509. The molecule has 3 heterocycles. The molecule has 4 aliphatic rings. The Morgan fingerprint density at radius 1 is 0.923 bits per heavy atom. The molecular formula is C37H47N2O12S. The first-order chi connectivity index (χ1) is 24.7. The smallest absolute Gasteiger partial charge is 0.408 e. The molecule has 0 aromatic heterocycles. The SMILES string of the molecule is COc1cc([C@@H]2c3cc4c(cc3[C@H](OC(=O)[C@H](CCSC)NC(=O)OC3CC(C)(C)N([O])C(C)(C)C3)[C@H]3COC(=O)[C@H]23)OCO4)cc(OC)c1OC. The highest BCUT2D eigenvalue weighted by Gasteiger charge is 2.54. The van der Waals surface area contributed by atoms with Gasteiger partial charge in [0.15, 0.2) is 23.0 Å². The zero-order valence-electron chi connectivity index (χ0n) is 30.8. The number of hydrogen-bond acceptors (Lipinski definition) is 13. The molecule has 283 valence electrons. The van der Waals surface area contributed by atoms with Crippen LogP contribution in [0.2, 0.25) is 0 Å². The van der Waals surface area contributed by atoms with E-state index in [1.165, 1.54) is 33.1 Å². The summed E-state index contributed by atoms with van der Waals surface area (Å²) in [6.07, 6.45) is 0.617. The average molecular weight is 744 g/mol. The molecule has 0 bridgehead atoms. The summed E-state index contributed by atoms with van der Waals surface area (Å²) in [7, 11) is 4.55. The summed E-state index contributed by atoms with van der Waals surface area (Å²) in [6, 6.07) is 6.14. The molecule has 15 heteroatoms. The standard InChI is InChI=1S/C37H47N2O12S/c1-36(2)15-20(16-37(3,4)39(36)43)50-35(42)38-24(9-10-52-8)33(40)51-31-22-14-26-25(48-18-49-26)13-21(22)29(30-23(31)17-47-34(30)41)19-11-27(44-5)32(46-7)28(12-19)45-6/h11-14,20,23-24,29-31H,9-10,15-18H2,1-8H3,(H,38,42)/t23-,24-,29+,30-,31-/m0/s1. The van der Waals surface area contributed by atoms with Gasteiger partial charge in [0.2, 0.25) is 12.5 Å². The van der Waals surface area contributed by atoms with Gasteiger partial charge in [0.25, 0.3) is 0 Å². The monoisotopic (exact) mass is 743 g/mol. The van der Waals surface area contributed by atoms with E-state index in [2.05, 4.69) is 5.32 Å². The number of methoxy groups -OCH3 is 3. The highest BCUT2D eigenvalue weighted by Crippen LogP contribution is 2.56. The third-order valence-electron chi connectivity index (χ3n) is 10.4. The summed E-state index contributed by atoms with van der Waals surface area (Å²) >= 11 is 1.52. The predicted molar refractivity (Wildman–Crippen MR) is 187 cm³/mol. The van der Waals surface area contributed by atoms with E-state index < -0.39 is 65.1 Å². The number of carbonyl (C=O) groups excluding carboxylic acids is 3. The number of hydrogen-bond donors (Lipinski definition) is 1. The van der Waals surface area contributed by atoms with Gasteiger partial charge in [-0.15, -0.1) is 10.3 Å². The van der Waals surface area contributed by atoms with E-state index in [0.29, 0.717) is 64.0 Å². The van der Waals surface area contributed by atoms with Crippen molar-refractivity contribution >= 4 is 29.8 Å². The molecule has 52 heavy (non-hydrogen) atoms. The Morgan fingerprint density at radius 3 is 2.12 bits per heavy atom. The van der Waals surface area contributed by atoms with E-state index in [4.69, 9.17) is 37.9 Å². The second kappa shape index (κ2) is 14.7. The second-order valence-corrected chi connectivity index (χ2v) is 15.8. The summed E-state index contributed by atoms with van der Waals surface area (Å²) in [5.74, 6) is -0.287. The fourth-order valence-electron chi connectivity index (χ4n) is 8.22. The van der Waals surface area contributed by atoms with E-state index in [1.54, 1.807) is 18.2 Å². The second-order valence-electron chi connectivity index (χ2n) is 14.8. The minimum absolute atomic E-state index is 0.00514. The summed E-state index contributed by atoms with van der Waals surface area (Å²) in [6.45, 7) is 7.29. The molecule has 14 nitrogen and oxygen atoms in total. The number of piperidine rings is 1. The van der Waals surface area contributed by atoms with E-state index in [0.717, 1.165) is 5.06 Å². The number of nitrogens with one attached hydrogen (secondary N) is 1. The van der Waals surface area contributed by atoms with Crippen molar-refractivity contribution in [2.75, 3.05) is 46.7 Å². The molecule has 5 atom stereocenters. The van der Waals surface area contributed by atoms with Crippen LogP contribution in [0, 0.1) is 11.8 Å². The number of carbonyl (C=O) groups is 3. The maximum absolute atomic E-state index is 14.1. The number of alkyl carbamates (subject to hydrolysis) is 1. The first-order valence-electron chi connectivity index (χ1n) is 17.3. The van der Waals surface area contributed by atoms with E-state index in [-0.39, 0.29) is 19.8 Å². The molecule has 1 aliphatic carbocycles. The van der Waals surface area contributed by atoms with Crippen LogP contribution in [0.4, 0.5) is 4.79 Å². The summed E-state index contributed by atoms with van der Waals surface area (Å²) in [5, 5.41) is 16.6. The number of fused-ring (bicyclic) bond motifs is 3. The van der Waals surface area contributed by atoms with Crippen LogP contribution >= 0.6 is 11.8 Å². The molecule has 0 saturated carbocycles. The maximum atomic E-state index is 14.1. The molecule has 1 N–H and O–H groups in total. The minimum Gasteiger partial charge on any atom is -0.493 e. The van der Waals surface area contributed by atoms with Gasteiger partial charge in [-0.25, -0.2) is 9.59 Å². The molecule has 1 radical (unpaired) electrons. The van der Waals surface area contributed by atoms with Gasteiger partial charge >= 0.3 is 18.0 Å². The maximum Gasteiger partial charge on any atom is 0.408 e. The molecule has 2 aromatic carbocycles. The number of ether oxygens (including phenoxy) is 8. The van der Waals surface area contributed by atoms with Gasteiger partial charge in [0.1, 0.15) is 18.2 Å². The van der Waals surface area contributed by atoms with Crippen molar-refractivity contribution < 1.29 is 57.5 Å². The first-order valence-corrected chi connectivity index (χ1v) is 18.7. The molecule has 0 spiro atoms. The largest absolute Gasteiger partial charge is 0.493 e. The Kier molecular flexibility index (Phi) is 10.7. The molecule has 2 aromatic rings. The number of rotatable bonds is 11. The van der Waals surface area contributed by atoms with Crippen LogP contribution in [-0.2, 0) is 29.0 Å². The topological polar surface area (TPSA) is 160 Å². The highest BCUT2D eigenvalue weighted by atomic mass is 32.2. The Hall–Kier alpha value is -4.08. The van der Waals surface area contributed by atoms with E-state index in [1.807, 2.05) is 40.0 Å². The Balaban J connectivity index is 1.32. The number of benzene rings is 2. The van der Waals surface area contributed by atoms with Crippen molar-refractivity contribution in [2.24, 2.45) is 11.8 Å². The fourth-order valence-corrected chi connectivity index (χ4v) is 8.69. The van der Waals surface area contributed by atoms with Crippen LogP contribution in [-0.4, -0.2) is 93.1 Å². The van der Waals surface area contributed by atoms with Gasteiger partial charge < -0.3 is 43.2 Å². The fraction of sp³-hybridized carbons (Fsp3) is 0.595. The van der Waals surface area contributed by atoms with Crippen LogP contribution < -0.4 is 29.0 Å². The molecule has 2 fully saturated rings. The van der Waals surface area contributed by atoms with E-state index >= 15 is 0 Å². The zero-order chi connectivity index (χ0) is 37.5. The molecule has 0 unspecified atom stereocenters. The predicted octanol–water partition coefficient (Wildman–Crippen LogP) is 5.18. The normalized spacial score (nSPS) is 24.9. The number of thioether (sulfide) groups is 1. The van der Waals surface area contributed by atoms with Gasteiger partial charge in [0.05, 0.1) is 33.9 Å². The molecule has 1 amide bonds. The highest BCUT2D eigenvalue weighted by molar-refractivity contribution is 7.98. The van der Waals surface area contributed by atoms with Crippen molar-refractivity contribution in [3.05, 3.63) is 41.0 Å². The lowest BCUT2D eigenvalue weighted by molar-refractivity contribution is -0.298. The molecule has 2 saturated heterocycles. The van der Waals surface area contributed by atoms with Crippen LogP contribution in [0.3, 0.4) is 0 Å². The minimum atomic E-state index is -1.05. The van der Waals surface area contributed by atoms with Crippen molar-refractivity contribution in [1.82, 2.24) is 10.4 Å². The van der Waals surface area contributed by atoms with Crippen LogP contribution in [0.1, 0.15) is 75.7 Å². The third-order valence-corrected chi connectivity index (χ3v) is 11.1. The van der Waals surface area contributed by atoms with E-state index in [9.17, 15) is 19.6 Å². The van der Waals surface area contributed by atoms with Crippen molar-refractivity contribution in [1.29, 1.82) is 0 Å². The number of cyclic esters (lactones) is 1. The third kappa shape index (κ3) is 7.02. The lowest BCUT2D eigenvalue weighted by Gasteiger charge is -2.49. The Labute approximate surface area is 307 Å². The number of nitrogens with zero attached hydrogens (tertiary/aromatic N) is 1. The van der Waals surface area contributed by atoms with Crippen molar-refractivity contribution in [3.63, 3.8) is 0 Å². The number of amides is 1. The van der Waals surface area contributed by atoms with Gasteiger partial charge in [0, 0.05) is 41.3 Å².